The highest BCUT2D eigenvalue weighted by Gasteiger charge is 2.65. The predicted molar refractivity (Wildman–Crippen MR) is 219 cm³/mol. The number of rotatable bonds is 4. The van der Waals surface area contributed by atoms with Crippen molar-refractivity contribution in [3.05, 3.63) is 106 Å². The Balaban J connectivity index is 1.19. The molecule has 9 rings (SSSR count). The van der Waals surface area contributed by atoms with Crippen LogP contribution in [0.1, 0.15) is 122 Å². The van der Waals surface area contributed by atoms with Crippen LogP contribution < -0.4 is 5.46 Å². The van der Waals surface area contributed by atoms with Gasteiger partial charge in [0.05, 0.1) is 50.7 Å². The van der Waals surface area contributed by atoms with Gasteiger partial charge in [-0.1, -0.05) is 60.3 Å². The molecular weight excluding hydrogens is 703 g/mol. The van der Waals surface area contributed by atoms with Gasteiger partial charge in [-0.3, -0.25) is 0 Å². The summed E-state index contributed by atoms with van der Waals surface area (Å²) in [6.07, 6.45) is 7.33. The van der Waals surface area contributed by atoms with Gasteiger partial charge in [0.1, 0.15) is 0 Å². The van der Waals surface area contributed by atoms with E-state index < -0.39 is 60.2 Å². The van der Waals surface area contributed by atoms with E-state index in [0.717, 1.165) is 35.0 Å². The summed E-state index contributed by atoms with van der Waals surface area (Å²) >= 11 is 1.82. The first-order valence-corrected chi connectivity index (χ1v) is 20.5. The number of allylic oxidation sites excluding steroid dienone is 4. The zero-order valence-corrected chi connectivity index (χ0v) is 34.8. The second kappa shape index (κ2) is 12.0. The summed E-state index contributed by atoms with van der Waals surface area (Å²) in [5, 5.41) is 10.6. The normalized spacial score (nSPS) is 28.7. The van der Waals surface area contributed by atoms with E-state index in [1.165, 1.54) is 32.1 Å². The van der Waals surface area contributed by atoms with Crippen LogP contribution >= 0.6 is 11.8 Å². The second-order valence-electron chi connectivity index (χ2n) is 18.8. The lowest BCUT2D eigenvalue weighted by Gasteiger charge is -2.41. The van der Waals surface area contributed by atoms with Crippen molar-refractivity contribution in [3.63, 3.8) is 0 Å². The fourth-order valence-corrected chi connectivity index (χ4v) is 10.4. The van der Waals surface area contributed by atoms with Crippen LogP contribution in [-0.2, 0) is 39.8 Å². The van der Waals surface area contributed by atoms with Crippen molar-refractivity contribution in [2.45, 2.75) is 144 Å². The van der Waals surface area contributed by atoms with Gasteiger partial charge in [-0.15, -0.1) is 0 Å². The number of benzene rings is 3. The van der Waals surface area contributed by atoms with E-state index in [1.54, 1.807) is 0 Å². The van der Waals surface area contributed by atoms with E-state index in [2.05, 4.69) is 121 Å². The summed E-state index contributed by atoms with van der Waals surface area (Å²) < 4.78 is 39.6. The van der Waals surface area contributed by atoms with Gasteiger partial charge in [-0.25, -0.2) is 0 Å². The molecule has 282 valence electrons. The zero-order chi connectivity index (χ0) is 39.1. The highest BCUT2D eigenvalue weighted by atomic mass is 32.2. The number of hydrogen-bond donors (Lipinski definition) is 0. The smallest absolute Gasteiger partial charge is 0.405 e. The molecule has 2 atom stereocenters. The Morgan fingerprint density at radius 1 is 0.636 bits per heavy atom. The zero-order valence-electron chi connectivity index (χ0n) is 34.0. The van der Waals surface area contributed by atoms with E-state index in [0.29, 0.717) is 12.0 Å². The summed E-state index contributed by atoms with van der Waals surface area (Å²) in [4.78, 5) is 2.44. The van der Waals surface area contributed by atoms with Gasteiger partial charge in [0.15, 0.2) is 0 Å². The van der Waals surface area contributed by atoms with E-state index in [1.807, 2.05) is 39.5 Å². The molecule has 0 amide bonds. The maximum absolute atomic E-state index is 10.6. The van der Waals surface area contributed by atoms with Crippen LogP contribution in [-0.4, -0.2) is 54.7 Å². The van der Waals surface area contributed by atoms with Gasteiger partial charge in [-0.05, 0) is 146 Å². The molecule has 7 nitrogen and oxygen atoms in total. The SMILES string of the molecule is CC1(C)OB(B2OC(C)(C)C(C)(Cc3ccc4c(c3)C3(C5=CCCC=C5c5cc(C#N)c(B6OC(C)(C)C(C)(C)O6)cc53)c3ccccc3S4)O2)OC1(C)C. The van der Waals surface area contributed by atoms with Crippen LogP contribution in [0.5, 0.6) is 0 Å². The number of fused-ring (bicyclic) bond motifs is 9. The van der Waals surface area contributed by atoms with Crippen LogP contribution in [0.3, 0.4) is 0 Å². The third-order valence-electron chi connectivity index (χ3n) is 14.1. The minimum absolute atomic E-state index is 0.497. The monoisotopic (exact) mass is 753 g/mol. The Bertz CT molecular complexity index is 2230. The van der Waals surface area contributed by atoms with Crippen LogP contribution in [0.4, 0.5) is 0 Å². The van der Waals surface area contributed by atoms with Gasteiger partial charge in [0.2, 0.25) is 0 Å². The van der Waals surface area contributed by atoms with Gasteiger partial charge < -0.3 is 27.9 Å². The average molecular weight is 753 g/mol. The summed E-state index contributed by atoms with van der Waals surface area (Å²) in [5.41, 5.74) is 5.72. The van der Waals surface area contributed by atoms with Crippen molar-refractivity contribution in [1.29, 1.82) is 5.26 Å². The molecule has 3 aromatic carbocycles. The maximum atomic E-state index is 10.6. The molecule has 3 saturated heterocycles. The van der Waals surface area contributed by atoms with Gasteiger partial charge in [0.25, 0.3) is 0 Å². The molecule has 3 fully saturated rings. The Morgan fingerprint density at radius 2 is 1.24 bits per heavy atom. The largest absolute Gasteiger partial charge is 0.496 e. The van der Waals surface area contributed by atoms with Crippen LogP contribution in [0.15, 0.2) is 82.1 Å². The molecule has 6 aliphatic rings. The molecule has 11 heteroatoms. The molecule has 0 radical (unpaired) electrons. The number of nitrogens with zero attached hydrogens (tertiary/aromatic N) is 1. The summed E-state index contributed by atoms with van der Waals surface area (Å²) in [7, 11) is -1.98. The molecule has 4 heterocycles. The van der Waals surface area contributed by atoms with Gasteiger partial charge >= 0.3 is 21.1 Å². The molecule has 2 unspecified atom stereocenters. The third kappa shape index (κ3) is 5.28. The lowest BCUT2D eigenvalue weighted by atomic mass is 9.49. The Labute approximate surface area is 331 Å². The molecule has 1 spiro atoms. The number of nitriles is 1. The summed E-state index contributed by atoms with van der Waals surface area (Å²) in [6, 6.07) is 22.6. The van der Waals surface area contributed by atoms with Gasteiger partial charge in [-0.2, -0.15) is 5.26 Å². The first-order chi connectivity index (χ1) is 25.7. The highest BCUT2D eigenvalue weighted by Crippen LogP contribution is 2.64. The van der Waals surface area contributed by atoms with Crippen molar-refractivity contribution in [2.24, 2.45) is 0 Å². The number of hydrogen-bond acceptors (Lipinski definition) is 8. The predicted octanol–water partition coefficient (Wildman–Crippen LogP) is 8.56. The van der Waals surface area contributed by atoms with E-state index in [9.17, 15) is 5.26 Å². The van der Waals surface area contributed by atoms with E-state index in [4.69, 9.17) is 27.9 Å². The Hall–Kier alpha value is -3.07. The van der Waals surface area contributed by atoms with E-state index in [-0.39, 0.29) is 0 Å². The molecule has 3 aromatic rings. The van der Waals surface area contributed by atoms with Gasteiger partial charge in [0, 0.05) is 21.7 Å². The van der Waals surface area contributed by atoms with Crippen molar-refractivity contribution >= 4 is 43.9 Å². The molecule has 0 aromatic heterocycles. The lowest BCUT2D eigenvalue weighted by molar-refractivity contribution is -0.00879. The first-order valence-electron chi connectivity index (χ1n) is 19.7. The molecular formula is C44H50B3NO6S. The van der Waals surface area contributed by atoms with Crippen molar-refractivity contribution in [3.8, 4) is 6.07 Å². The quantitative estimate of drug-likeness (QED) is 0.246. The lowest BCUT2D eigenvalue weighted by Crippen LogP contribution is -2.46. The van der Waals surface area contributed by atoms with Crippen LogP contribution in [0, 0.1) is 11.3 Å². The molecule has 2 aliphatic carbocycles. The fourth-order valence-electron chi connectivity index (χ4n) is 9.21. The first kappa shape index (κ1) is 37.5. The Kier molecular flexibility index (Phi) is 8.17. The van der Waals surface area contributed by atoms with Crippen LogP contribution in [0.2, 0.25) is 0 Å². The van der Waals surface area contributed by atoms with Crippen LogP contribution in [0.25, 0.3) is 5.57 Å². The topological polar surface area (TPSA) is 79.2 Å². The van der Waals surface area contributed by atoms with Crippen molar-refractivity contribution < 1.29 is 27.9 Å². The summed E-state index contributed by atoms with van der Waals surface area (Å²) in [5.74, 6) is 0. The highest BCUT2D eigenvalue weighted by molar-refractivity contribution is 7.99. The fraction of sp³-hybridized carbons (Fsp3) is 0.477. The molecule has 0 N–H and O–H groups in total. The van der Waals surface area contributed by atoms with Crippen molar-refractivity contribution in [1.82, 2.24) is 0 Å². The third-order valence-corrected chi connectivity index (χ3v) is 15.3. The minimum Gasteiger partial charge on any atom is -0.405 e. The maximum Gasteiger partial charge on any atom is 0.496 e. The summed E-state index contributed by atoms with van der Waals surface area (Å²) in [6.45, 7) is 22.8. The average Bonchev–Trinajstić information content (AvgIpc) is 3.70. The molecule has 4 aliphatic heterocycles. The second-order valence-corrected chi connectivity index (χ2v) is 19.9. The minimum atomic E-state index is -0.684. The van der Waals surface area contributed by atoms with E-state index >= 15 is 0 Å². The standard InChI is InChI=1S/C44H50B3NO6S/c1-38(2)39(3,4)50-45(49-38)35-24-33-30(23-28(35)26-48)29-16-12-13-17-31(29)44(33)32-18-14-15-19-36(32)55-37-21-20-27(22-34(37)44)25-43(11)42(9,10)53-47(54-43)46-51-40(5,6)41(7,8)52-46/h14-24H,12-13,25H2,1-11H3. The molecule has 0 saturated carbocycles. The Morgan fingerprint density at radius 3 is 1.93 bits per heavy atom. The van der Waals surface area contributed by atoms with Crippen molar-refractivity contribution in [2.75, 3.05) is 0 Å². The molecule has 0 bridgehead atoms. The molecule has 55 heavy (non-hydrogen) atoms.